The number of benzene rings is 2. The molecule has 3 aromatic rings. The molecule has 0 fully saturated rings. The maximum Gasteiger partial charge on any atom is 0.342 e. The molecule has 0 saturated carbocycles. The van der Waals surface area contributed by atoms with Gasteiger partial charge >= 0.3 is 5.69 Å². The van der Waals surface area contributed by atoms with Crippen LogP contribution in [0.1, 0.15) is 16.7 Å². The Morgan fingerprint density at radius 2 is 1.75 bits per heavy atom. The Labute approximate surface area is 163 Å². The molecule has 0 aliphatic carbocycles. The van der Waals surface area contributed by atoms with Crippen molar-refractivity contribution >= 4 is 21.6 Å². The molecule has 0 spiro atoms. The lowest BCUT2D eigenvalue weighted by atomic mass is 10.1. The fraction of sp³-hybridized carbons (Fsp3) is 0.200. The number of amides is 1. The molecule has 1 heterocycles. The van der Waals surface area contributed by atoms with E-state index in [0.29, 0.717) is 9.66 Å². The van der Waals surface area contributed by atoms with Gasteiger partial charge in [0.2, 0.25) is 5.91 Å². The van der Waals surface area contributed by atoms with Crippen LogP contribution in [0, 0.1) is 20.8 Å². The Morgan fingerprint density at radius 3 is 2.43 bits per heavy atom. The topological polar surface area (TPSA) is 90.2 Å². The summed E-state index contributed by atoms with van der Waals surface area (Å²) in [5, 5.41) is 2.69. The van der Waals surface area contributed by atoms with E-state index in [1.807, 2.05) is 26.0 Å². The predicted octanol–water partition coefficient (Wildman–Crippen LogP) is 2.45. The highest BCUT2D eigenvalue weighted by Gasteiger charge is 2.21. The summed E-state index contributed by atoms with van der Waals surface area (Å²) >= 11 is 0. The van der Waals surface area contributed by atoms with Gasteiger partial charge in [0, 0.05) is 18.1 Å². The van der Waals surface area contributed by atoms with E-state index in [2.05, 4.69) is 5.32 Å². The van der Waals surface area contributed by atoms with E-state index in [-0.39, 0.29) is 11.4 Å². The van der Waals surface area contributed by atoms with Crippen molar-refractivity contribution < 1.29 is 13.2 Å². The van der Waals surface area contributed by atoms with Crippen LogP contribution in [0.4, 0.5) is 5.69 Å². The lowest BCUT2D eigenvalue weighted by Crippen LogP contribution is -2.32. The molecule has 7 nitrogen and oxygen atoms in total. The minimum Gasteiger partial charge on any atom is -0.325 e. The van der Waals surface area contributed by atoms with Crippen molar-refractivity contribution in [3.05, 3.63) is 82.0 Å². The van der Waals surface area contributed by atoms with Crippen LogP contribution in [0.15, 0.2) is 64.5 Å². The number of aromatic nitrogens is 2. The van der Waals surface area contributed by atoms with Crippen LogP contribution in [0.25, 0.3) is 0 Å². The summed E-state index contributed by atoms with van der Waals surface area (Å²) < 4.78 is 27.3. The zero-order chi connectivity index (χ0) is 20.5. The van der Waals surface area contributed by atoms with Gasteiger partial charge in [0.05, 0.1) is 4.90 Å². The van der Waals surface area contributed by atoms with Crippen molar-refractivity contribution in [2.24, 2.45) is 0 Å². The molecule has 0 aliphatic rings. The first kappa shape index (κ1) is 19.6. The van der Waals surface area contributed by atoms with Gasteiger partial charge in [-0.2, -0.15) is 3.97 Å². The van der Waals surface area contributed by atoms with Crippen molar-refractivity contribution in [2.75, 3.05) is 5.32 Å². The van der Waals surface area contributed by atoms with E-state index in [1.165, 1.54) is 18.3 Å². The highest BCUT2D eigenvalue weighted by molar-refractivity contribution is 7.90. The van der Waals surface area contributed by atoms with E-state index in [1.54, 1.807) is 25.1 Å². The number of rotatable bonds is 5. The summed E-state index contributed by atoms with van der Waals surface area (Å²) in [6, 6.07) is 11.9. The van der Waals surface area contributed by atoms with Crippen molar-refractivity contribution in [1.82, 2.24) is 8.54 Å². The van der Waals surface area contributed by atoms with Gasteiger partial charge in [-0.25, -0.2) is 13.2 Å². The summed E-state index contributed by atoms with van der Waals surface area (Å²) in [6.07, 6.45) is 2.45. The quantitative estimate of drug-likeness (QED) is 0.714. The monoisotopic (exact) mass is 399 g/mol. The second kappa shape index (κ2) is 7.47. The molecule has 8 heteroatoms. The molecule has 0 bridgehead atoms. The predicted molar refractivity (Wildman–Crippen MR) is 107 cm³/mol. The fourth-order valence-corrected chi connectivity index (χ4v) is 4.08. The molecule has 0 aliphatic heterocycles. The van der Waals surface area contributed by atoms with Gasteiger partial charge in [-0.1, -0.05) is 18.2 Å². The van der Waals surface area contributed by atoms with Crippen LogP contribution in [-0.2, 0) is 21.4 Å². The van der Waals surface area contributed by atoms with E-state index >= 15 is 0 Å². The third-order valence-corrected chi connectivity index (χ3v) is 6.11. The zero-order valence-corrected chi connectivity index (χ0v) is 16.7. The maximum atomic E-state index is 12.8. The Balaban J connectivity index is 1.84. The summed E-state index contributed by atoms with van der Waals surface area (Å²) in [5.74, 6) is -0.422. The van der Waals surface area contributed by atoms with Crippen LogP contribution >= 0.6 is 0 Å². The Kier molecular flexibility index (Phi) is 5.24. The normalized spacial score (nSPS) is 11.4. The third kappa shape index (κ3) is 3.91. The van der Waals surface area contributed by atoms with Gasteiger partial charge < -0.3 is 5.32 Å². The number of anilines is 1. The summed E-state index contributed by atoms with van der Waals surface area (Å²) in [7, 11) is -4.04. The molecule has 1 aromatic heterocycles. The molecular formula is C20H21N3O4S. The van der Waals surface area contributed by atoms with Gasteiger partial charge in [-0.05, 0) is 61.7 Å². The molecule has 0 saturated heterocycles. The standard InChI is InChI=1S/C20H21N3O4S/c1-14-5-4-6-17(11-14)21-19(24)13-22-9-10-23(20(22)25)28(26,27)18-8-7-15(2)16(3)12-18/h4-12H,13H2,1-3H3,(H,21,24). The van der Waals surface area contributed by atoms with Crippen molar-refractivity contribution in [3.63, 3.8) is 0 Å². The lowest BCUT2D eigenvalue weighted by molar-refractivity contribution is -0.116. The minimum atomic E-state index is -4.04. The average Bonchev–Trinajstić information content (AvgIpc) is 2.98. The van der Waals surface area contributed by atoms with Crippen LogP contribution in [0.5, 0.6) is 0 Å². The third-order valence-electron chi connectivity index (χ3n) is 4.47. The summed E-state index contributed by atoms with van der Waals surface area (Å²) in [5.41, 5.74) is 2.57. The fourth-order valence-electron chi connectivity index (χ4n) is 2.76. The molecule has 0 unspecified atom stereocenters. The molecule has 2 aromatic carbocycles. The van der Waals surface area contributed by atoms with Gasteiger partial charge in [0.25, 0.3) is 10.0 Å². The van der Waals surface area contributed by atoms with Crippen molar-refractivity contribution in [2.45, 2.75) is 32.2 Å². The Morgan fingerprint density at radius 1 is 1.00 bits per heavy atom. The van der Waals surface area contributed by atoms with Crippen LogP contribution in [0.2, 0.25) is 0 Å². The van der Waals surface area contributed by atoms with E-state index < -0.39 is 21.6 Å². The molecule has 1 N–H and O–H groups in total. The van der Waals surface area contributed by atoms with Crippen LogP contribution in [-0.4, -0.2) is 22.9 Å². The summed E-state index contributed by atoms with van der Waals surface area (Å²) in [4.78, 5) is 24.8. The van der Waals surface area contributed by atoms with E-state index in [0.717, 1.165) is 27.5 Å². The van der Waals surface area contributed by atoms with Crippen LogP contribution in [0.3, 0.4) is 0 Å². The van der Waals surface area contributed by atoms with Crippen molar-refractivity contribution in [3.8, 4) is 0 Å². The molecule has 0 radical (unpaired) electrons. The van der Waals surface area contributed by atoms with Crippen LogP contribution < -0.4 is 11.0 Å². The second-order valence-electron chi connectivity index (χ2n) is 6.67. The molecular weight excluding hydrogens is 378 g/mol. The number of imidazole rings is 1. The van der Waals surface area contributed by atoms with E-state index in [9.17, 15) is 18.0 Å². The number of aryl methyl sites for hydroxylation is 3. The minimum absolute atomic E-state index is 0.0275. The summed E-state index contributed by atoms with van der Waals surface area (Å²) in [6.45, 7) is 5.29. The van der Waals surface area contributed by atoms with E-state index in [4.69, 9.17) is 0 Å². The molecule has 3 rings (SSSR count). The molecule has 1 amide bonds. The Hall–Kier alpha value is -3.13. The largest absolute Gasteiger partial charge is 0.342 e. The van der Waals surface area contributed by atoms with Crippen molar-refractivity contribution in [1.29, 1.82) is 0 Å². The first-order valence-electron chi connectivity index (χ1n) is 8.65. The first-order chi connectivity index (χ1) is 13.2. The average molecular weight is 399 g/mol. The van der Waals surface area contributed by atoms with Gasteiger partial charge in [-0.3, -0.25) is 9.36 Å². The van der Waals surface area contributed by atoms with Gasteiger partial charge in [-0.15, -0.1) is 0 Å². The smallest absolute Gasteiger partial charge is 0.325 e. The number of hydrogen-bond donors (Lipinski definition) is 1. The van der Waals surface area contributed by atoms with Gasteiger partial charge in [0.1, 0.15) is 6.54 Å². The number of nitrogens with one attached hydrogen (secondary N) is 1. The number of hydrogen-bond acceptors (Lipinski definition) is 4. The van der Waals surface area contributed by atoms with Gasteiger partial charge in [0.15, 0.2) is 0 Å². The highest BCUT2D eigenvalue weighted by atomic mass is 32.2. The highest BCUT2D eigenvalue weighted by Crippen LogP contribution is 2.16. The zero-order valence-electron chi connectivity index (χ0n) is 15.8. The number of nitrogens with zero attached hydrogens (tertiary/aromatic N) is 2. The molecule has 146 valence electrons. The lowest BCUT2D eigenvalue weighted by Gasteiger charge is -2.08. The maximum absolute atomic E-state index is 12.8. The second-order valence-corrected chi connectivity index (χ2v) is 8.49. The first-order valence-corrected chi connectivity index (χ1v) is 10.1. The SMILES string of the molecule is Cc1cccc(NC(=O)Cn2ccn(S(=O)(=O)c3ccc(C)c(C)c3)c2=O)c1. The number of carbonyl (C=O) groups is 1. The number of carbonyl (C=O) groups excluding carboxylic acids is 1. The Bertz CT molecular complexity index is 1210. The molecule has 0 atom stereocenters. The molecule has 28 heavy (non-hydrogen) atoms.